The van der Waals surface area contributed by atoms with Crippen LogP contribution in [0, 0.1) is 0 Å². The lowest BCUT2D eigenvalue weighted by atomic mass is 9.80. The van der Waals surface area contributed by atoms with Crippen molar-refractivity contribution in [2.75, 3.05) is 0 Å². The van der Waals surface area contributed by atoms with Crippen LogP contribution in [0.1, 0.15) is 25.0 Å². The van der Waals surface area contributed by atoms with Crippen LogP contribution in [0.4, 0.5) is 0 Å². The van der Waals surface area contributed by atoms with Crippen LogP contribution in [0.25, 0.3) is 82.4 Å². The summed E-state index contributed by atoms with van der Waals surface area (Å²) >= 11 is 0. The number of para-hydroxylation sites is 1. The number of nitrogens with zero attached hydrogens (tertiary/aromatic N) is 2. The summed E-state index contributed by atoms with van der Waals surface area (Å²) in [6.07, 6.45) is 0. The number of aromatic nitrogens is 2. The highest BCUT2D eigenvalue weighted by Gasteiger charge is 2.38. The molecule has 0 spiro atoms. The van der Waals surface area contributed by atoms with E-state index in [1.165, 1.54) is 71.1 Å². The first-order chi connectivity index (χ1) is 23.6. The minimum absolute atomic E-state index is 0.162. The topological polar surface area (TPSA) is 17.8 Å². The Labute approximate surface area is 279 Å². The van der Waals surface area contributed by atoms with Gasteiger partial charge in [-0.1, -0.05) is 141 Å². The Morgan fingerprint density at radius 3 is 1.81 bits per heavy atom. The summed E-state index contributed by atoms with van der Waals surface area (Å²) in [6.45, 7) is 4.72. The van der Waals surface area contributed by atoms with Crippen LogP contribution < -0.4 is 0 Å². The fraction of sp³-hybridized carbons (Fsp3) is 0.0652. The van der Waals surface area contributed by atoms with Gasteiger partial charge in [-0.05, 0) is 96.0 Å². The van der Waals surface area contributed by atoms with E-state index in [9.17, 15) is 0 Å². The molecule has 9 aromatic rings. The first-order valence-electron chi connectivity index (χ1n) is 16.7. The molecule has 0 saturated heterocycles. The van der Waals surface area contributed by atoms with Crippen molar-refractivity contribution in [1.82, 2.24) is 9.78 Å². The average Bonchev–Trinajstić information content (AvgIpc) is 3.65. The van der Waals surface area contributed by atoms with Gasteiger partial charge in [0.2, 0.25) is 0 Å². The second-order valence-corrected chi connectivity index (χ2v) is 13.6. The molecular formula is C46H32N2. The molecule has 2 nitrogen and oxygen atoms in total. The molecule has 8 aromatic carbocycles. The van der Waals surface area contributed by atoms with Gasteiger partial charge in [-0.3, -0.25) is 0 Å². The van der Waals surface area contributed by atoms with Gasteiger partial charge < -0.3 is 0 Å². The summed E-state index contributed by atoms with van der Waals surface area (Å²) in [7, 11) is 0. The molecule has 2 heteroatoms. The minimum Gasteiger partial charge on any atom is -0.232 e. The molecule has 0 fully saturated rings. The molecular weight excluding hydrogens is 581 g/mol. The summed E-state index contributed by atoms with van der Waals surface area (Å²) in [4.78, 5) is 0. The fourth-order valence-corrected chi connectivity index (χ4v) is 8.38. The molecule has 0 aliphatic heterocycles. The number of rotatable bonds is 3. The predicted molar refractivity (Wildman–Crippen MR) is 202 cm³/mol. The third kappa shape index (κ3) is 3.77. The highest BCUT2D eigenvalue weighted by Crippen LogP contribution is 2.53. The molecule has 0 bridgehead atoms. The Bertz CT molecular complexity index is 2710. The van der Waals surface area contributed by atoms with Crippen LogP contribution in [-0.2, 0) is 5.41 Å². The van der Waals surface area contributed by atoms with Gasteiger partial charge in [0.25, 0.3) is 0 Å². The van der Waals surface area contributed by atoms with Crippen molar-refractivity contribution in [2.24, 2.45) is 0 Å². The van der Waals surface area contributed by atoms with Gasteiger partial charge in [-0.2, -0.15) is 5.10 Å². The van der Waals surface area contributed by atoms with Crippen LogP contribution in [0.2, 0.25) is 0 Å². The lowest BCUT2D eigenvalue weighted by molar-refractivity contribution is 0.666. The summed E-state index contributed by atoms with van der Waals surface area (Å²) in [6, 6.07) is 57.4. The number of hydrogen-bond acceptors (Lipinski definition) is 1. The quantitative estimate of drug-likeness (QED) is 0.182. The first-order valence-corrected chi connectivity index (χ1v) is 16.7. The maximum Gasteiger partial charge on any atom is 0.101 e. The highest BCUT2D eigenvalue weighted by atomic mass is 15.3. The lowest BCUT2D eigenvalue weighted by Gasteiger charge is -2.22. The van der Waals surface area contributed by atoms with Gasteiger partial charge >= 0.3 is 0 Å². The smallest absolute Gasteiger partial charge is 0.101 e. The SMILES string of the molecule is CC1(C)c2ccccc2-c2ccc3c(c(-c4cccc(-c5ccc6c7ccccc7c7ccccc7c6c5)c4)nn3-c3ccccc3)c21. The van der Waals surface area contributed by atoms with Crippen molar-refractivity contribution in [3.63, 3.8) is 0 Å². The standard InChI is InChI=1S/C46H32N2/c1-46(2)41-22-11-10-21-38(41)39-25-26-42-43(44(39)46)45(47-48(42)32-15-4-3-5-16-32)31-14-12-13-29(27-31)30-23-24-37-35-19-7-6-17-33(35)34-18-8-9-20-36(34)40(37)28-30/h3-28H,1-2H3. The zero-order valence-corrected chi connectivity index (χ0v) is 26.9. The van der Waals surface area contributed by atoms with Crippen LogP contribution in [-0.4, -0.2) is 9.78 Å². The molecule has 48 heavy (non-hydrogen) atoms. The van der Waals surface area contributed by atoms with E-state index in [0.29, 0.717) is 0 Å². The lowest BCUT2D eigenvalue weighted by Crippen LogP contribution is -2.15. The molecule has 1 heterocycles. The second kappa shape index (κ2) is 10.0. The van der Waals surface area contributed by atoms with Gasteiger partial charge in [-0.15, -0.1) is 0 Å². The molecule has 0 radical (unpaired) electrons. The van der Waals surface area contributed by atoms with Crippen molar-refractivity contribution in [3.05, 3.63) is 169 Å². The third-order valence-corrected chi connectivity index (χ3v) is 10.6. The molecule has 1 aliphatic rings. The highest BCUT2D eigenvalue weighted by molar-refractivity contribution is 6.25. The number of hydrogen-bond donors (Lipinski definition) is 0. The molecule has 0 saturated carbocycles. The normalized spacial score (nSPS) is 13.4. The van der Waals surface area contributed by atoms with Crippen molar-refractivity contribution >= 4 is 43.2 Å². The summed E-state index contributed by atoms with van der Waals surface area (Å²) in [5, 5.41) is 14.4. The predicted octanol–water partition coefficient (Wildman–Crippen LogP) is 12.1. The largest absolute Gasteiger partial charge is 0.232 e. The van der Waals surface area contributed by atoms with Gasteiger partial charge in [0.15, 0.2) is 0 Å². The van der Waals surface area contributed by atoms with Crippen molar-refractivity contribution in [3.8, 4) is 39.2 Å². The Hall–Kier alpha value is -5.99. The maximum absolute atomic E-state index is 5.41. The van der Waals surface area contributed by atoms with Crippen LogP contribution in [0.3, 0.4) is 0 Å². The van der Waals surface area contributed by atoms with Gasteiger partial charge in [0.1, 0.15) is 5.69 Å². The van der Waals surface area contributed by atoms with E-state index in [0.717, 1.165) is 22.5 Å². The zero-order chi connectivity index (χ0) is 32.0. The first kappa shape index (κ1) is 27.2. The molecule has 0 N–H and O–H groups in total. The summed E-state index contributed by atoms with van der Waals surface area (Å²) < 4.78 is 2.13. The third-order valence-electron chi connectivity index (χ3n) is 10.6. The zero-order valence-electron chi connectivity index (χ0n) is 26.9. The molecule has 226 valence electrons. The second-order valence-electron chi connectivity index (χ2n) is 13.6. The van der Waals surface area contributed by atoms with Crippen LogP contribution in [0.5, 0.6) is 0 Å². The Balaban J connectivity index is 1.22. The Morgan fingerprint density at radius 2 is 1.06 bits per heavy atom. The van der Waals surface area contributed by atoms with Crippen LogP contribution in [0.15, 0.2) is 158 Å². The van der Waals surface area contributed by atoms with Gasteiger partial charge in [0, 0.05) is 16.4 Å². The van der Waals surface area contributed by atoms with Crippen LogP contribution >= 0.6 is 0 Å². The summed E-state index contributed by atoms with van der Waals surface area (Å²) in [5.74, 6) is 0. The van der Waals surface area contributed by atoms with Crippen molar-refractivity contribution < 1.29 is 0 Å². The van der Waals surface area contributed by atoms with E-state index in [4.69, 9.17) is 5.10 Å². The van der Waals surface area contributed by atoms with E-state index in [1.54, 1.807) is 0 Å². The van der Waals surface area contributed by atoms with Crippen molar-refractivity contribution in [2.45, 2.75) is 19.3 Å². The molecule has 1 aromatic heterocycles. The molecule has 1 aliphatic carbocycles. The van der Waals surface area contributed by atoms with E-state index < -0.39 is 0 Å². The monoisotopic (exact) mass is 612 g/mol. The molecule has 0 atom stereocenters. The van der Waals surface area contributed by atoms with Crippen molar-refractivity contribution in [1.29, 1.82) is 0 Å². The fourth-order valence-electron chi connectivity index (χ4n) is 8.38. The number of benzene rings is 8. The molecule has 0 unspecified atom stereocenters. The van der Waals surface area contributed by atoms with E-state index in [-0.39, 0.29) is 5.41 Å². The van der Waals surface area contributed by atoms with E-state index >= 15 is 0 Å². The van der Waals surface area contributed by atoms with E-state index in [1.807, 2.05) is 0 Å². The van der Waals surface area contributed by atoms with Gasteiger partial charge in [-0.25, -0.2) is 4.68 Å². The number of fused-ring (bicyclic) bond motifs is 11. The van der Waals surface area contributed by atoms with E-state index in [2.05, 4.69) is 176 Å². The maximum atomic E-state index is 5.41. The Morgan fingerprint density at radius 1 is 0.458 bits per heavy atom. The molecule has 0 amide bonds. The minimum atomic E-state index is -0.162. The van der Waals surface area contributed by atoms with Gasteiger partial charge in [0.05, 0.1) is 11.2 Å². The average molecular weight is 613 g/mol. The molecule has 10 rings (SSSR count). The summed E-state index contributed by atoms with van der Waals surface area (Å²) in [5.41, 5.74) is 11.9. The Kier molecular flexibility index (Phi) is 5.66.